The number of hydrogen-bond acceptors (Lipinski definition) is 0. The molecule has 304 valence electrons. The monoisotopic (exact) mass is 808 g/mol. The summed E-state index contributed by atoms with van der Waals surface area (Å²) in [7, 11) is 0. The fraction of sp³-hybridized carbons (Fsp3) is 0.143. The molecule has 0 saturated heterocycles. The van der Waals surface area contributed by atoms with Crippen molar-refractivity contribution in [2.75, 3.05) is 0 Å². The molecule has 63 heavy (non-hydrogen) atoms. The van der Waals surface area contributed by atoms with Crippen molar-refractivity contribution in [3.63, 3.8) is 0 Å². The van der Waals surface area contributed by atoms with E-state index in [-0.39, 0.29) is 5.41 Å². The third-order valence-corrected chi connectivity index (χ3v) is 13.7. The van der Waals surface area contributed by atoms with Crippen molar-refractivity contribution in [3.8, 4) is 66.8 Å². The van der Waals surface area contributed by atoms with Gasteiger partial charge < -0.3 is 0 Å². The highest BCUT2D eigenvalue weighted by Gasteiger charge is 2.44. The van der Waals surface area contributed by atoms with E-state index in [1.807, 2.05) is 0 Å². The third-order valence-electron chi connectivity index (χ3n) is 13.7. The van der Waals surface area contributed by atoms with Crippen LogP contribution in [0.15, 0.2) is 206 Å². The molecule has 0 spiro atoms. The summed E-state index contributed by atoms with van der Waals surface area (Å²) in [6.07, 6.45) is 2.26. The Morgan fingerprint density at radius 1 is 0.286 bits per heavy atom. The van der Waals surface area contributed by atoms with Gasteiger partial charge in [-0.2, -0.15) is 0 Å². The van der Waals surface area contributed by atoms with Crippen LogP contribution in [-0.2, 0) is 5.41 Å². The van der Waals surface area contributed by atoms with Crippen molar-refractivity contribution in [2.24, 2.45) is 11.8 Å². The van der Waals surface area contributed by atoms with Gasteiger partial charge in [0.15, 0.2) is 0 Å². The second kappa shape index (κ2) is 15.7. The van der Waals surface area contributed by atoms with Crippen molar-refractivity contribution in [1.29, 1.82) is 0 Å². The van der Waals surface area contributed by atoms with Crippen LogP contribution in [0.1, 0.15) is 51.7 Å². The van der Waals surface area contributed by atoms with E-state index in [9.17, 15) is 0 Å². The molecule has 11 rings (SSSR count). The van der Waals surface area contributed by atoms with Crippen LogP contribution in [0.5, 0.6) is 0 Å². The largest absolute Gasteiger partial charge is 0.0627 e. The lowest BCUT2D eigenvalue weighted by Gasteiger charge is -2.36. The van der Waals surface area contributed by atoms with Gasteiger partial charge in [-0.3, -0.25) is 0 Å². The standard InChI is InChI=1S/C63H52/c1-41(2)39-63(40-42(3)4)59-30-18-17-25-52(59)53-32-31-45(38-60(53)63)61-54-26-13-15-28-56(54)62(57-29-16-14-27-55(57)61)58-34-33-49(50-23-11-12-24-51(50)58)48-36-46(43-19-7-5-8-20-43)35-47(37-48)44-21-9-6-10-22-44/h5-38,41-42H,39-40H2,1-4H3. The maximum absolute atomic E-state index is 2.59. The first-order chi connectivity index (χ1) is 30.9. The van der Waals surface area contributed by atoms with Crippen LogP contribution in [-0.4, -0.2) is 0 Å². The molecule has 0 aromatic heterocycles. The van der Waals surface area contributed by atoms with E-state index in [0.29, 0.717) is 11.8 Å². The van der Waals surface area contributed by atoms with Gasteiger partial charge >= 0.3 is 0 Å². The van der Waals surface area contributed by atoms with Crippen LogP contribution in [0.4, 0.5) is 0 Å². The molecule has 0 radical (unpaired) electrons. The Morgan fingerprint density at radius 2 is 0.698 bits per heavy atom. The number of hydrogen-bond donors (Lipinski definition) is 0. The van der Waals surface area contributed by atoms with E-state index >= 15 is 0 Å². The molecule has 1 aliphatic rings. The number of rotatable bonds is 9. The van der Waals surface area contributed by atoms with E-state index in [1.54, 1.807) is 0 Å². The van der Waals surface area contributed by atoms with E-state index in [0.717, 1.165) is 12.8 Å². The average molecular weight is 809 g/mol. The van der Waals surface area contributed by atoms with Gasteiger partial charge in [0.05, 0.1) is 0 Å². The molecule has 0 N–H and O–H groups in total. The molecule has 0 amide bonds. The fourth-order valence-electron chi connectivity index (χ4n) is 11.4. The average Bonchev–Trinajstić information content (AvgIpc) is 3.57. The smallest absolute Gasteiger partial charge is 0.0220 e. The molecule has 0 aliphatic heterocycles. The minimum Gasteiger partial charge on any atom is -0.0627 e. The van der Waals surface area contributed by atoms with Crippen LogP contribution < -0.4 is 0 Å². The predicted molar refractivity (Wildman–Crippen MR) is 271 cm³/mol. The minimum atomic E-state index is -0.0288. The van der Waals surface area contributed by atoms with Gasteiger partial charge in [0.1, 0.15) is 0 Å². The summed E-state index contributed by atoms with van der Waals surface area (Å²) in [6.45, 7) is 9.58. The van der Waals surface area contributed by atoms with Gasteiger partial charge in [-0.05, 0) is 159 Å². The summed E-state index contributed by atoms with van der Waals surface area (Å²) < 4.78 is 0. The molecule has 1 aliphatic carbocycles. The van der Waals surface area contributed by atoms with Crippen molar-refractivity contribution < 1.29 is 0 Å². The fourth-order valence-corrected chi connectivity index (χ4v) is 11.4. The highest BCUT2D eigenvalue weighted by molar-refractivity contribution is 6.24. The van der Waals surface area contributed by atoms with Crippen LogP contribution in [0.25, 0.3) is 99.1 Å². The van der Waals surface area contributed by atoms with E-state index in [2.05, 4.69) is 234 Å². The van der Waals surface area contributed by atoms with E-state index < -0.39 is 0 Å². The Bertz CT molecular complexity index is 3210. The van der Waals surface area contributed by atoms with Gasteiger partial charge in [0.25, 0.3) is 0 Å². The molecule has 0 saturated carbocycles. The lowest BCUT2D eigenvalue weighted by atomic mass is 9.67. The second-order valence-electron chi connectivity index (χ2n) is 18.7. The molecule has 0 unspecified atom stereocenters. The summed E-state index contributed by atoms with van der Waals surface area (Å²) in [4.78, 5) is 0. The molecule has 10 aromatic rings. The SMILES string of the molecule is CC(C)CC1(CC(C)C)c2ccccc2-c2ccc(-c3c4ccccc4c(-c4ccc(-c5cc(-c6ccccc6)cc(-c6ccccc6)c5)c5ccccc45)c4ccccc34)cc21. The Labute approximate surface area is 372 Å². The Kier molecular flexibility index (Phi) is 9.69. The number of benzene rings is 10. The van der Waals surface area contributed by atoms with Crippen molar-refractivity contribution >= 4 is 32.3 Å². The van der Waals surface area contributed by atoms with Gasteiger partial charge in [-0.25, -0.2) is 0 Å². The Morgan fingerprint density at radius 3 is 1.25 bits per heavy atom. The van der Waals surface area contributed by atoms with Crippen LogP contribution in [0.2, 0.25) is 0 Å². The van der Waals surface area contributed by atoms with Gasteiger partial charge in [-0.1, -0.05) is 210 Å². The first-order valence-electron chi connectivity index (χ1n) is 22.8. The zero-order valence-electron chi connectivity index (χ0n) is 36.7. The van der Waals surface area contributed by atoms with Crippen LogP contribution in [0, 0.1) is 11.8 Å². The molecule has 10 aromatic carbocycles. The molecule has 0 heteroatoms. The predicted octanol–water partition coefficient (Wildman–Crippen LogP) is 17.8. The van der Waals surface area contributed by atoms with Crippen molar-refractivity contribution in [1.82, 2.24) is 0 Å². The molecular formula is C63H52. The minimum absolute atomic E-state index is 0.0288. The Balaban J connectivity index is 1.13. The lowest BCUT2D eigenvalue weighted by molar-refractivity contribution is 0.337. The summed E-state index contributed by atoms with van der Waals surface area (Å²) in [5.41, 5.74) is 18.3. The van der Waals surface area contributed by atoms with Crippen LogP contribution >= 0.6 is 0 Å². The molecular weight excluding hydrogens is 757 g/mol. The maximum Gasteiger partial charge on any atom is 0.0220 e. The molecule has 0 fully saturated rings. The lowest BCUT2D eigenvalue weighted by Crippen LogP contribution is -2.29. The van der Waals surface area contributed by atoms with Crippen LogP contribution in [0.3, 0.4) is 0 Å². The van der Waals surface area contributed by atoms with Crippen molar-refractivity contribution in [3.05, 3.63) is 217 Å². The van der Waals surface area contributed by atoms with E-state index in [1.165, 1.54) is 110 Å². The van der Waals surface area contributed by atoms with E-state index in [4.69, 9.17) is 0 Å². The van der Waals surface area contributed by atoms with Gasteiger partial charge in [0.2, 0.25) is 0 Å². The summed E-state index contributed by atoms with van der Waals surface area (Å²) >= 11 is 0. The summed E-state index contributed by atoms with van der Waals surface area (Å²) in [5, 5.41) is 7.64. The third kappa shape index (κ3) is 6.59. The first kappa shape index (κ1) is 38.9. The van der Waals surface area contributed by atoms with Gasteiger partial charge in [0, 0.05) is 5.41 Å². The molecule has 0 heterocycles. The normalized spacial score (nSPS) is 13.0. The molecule has 0 nitrogen and oxygen atoms in total. The topological polar surface area (TPSA) is 0 Å². The zero-order valence-corrected chi connectivity index (χ0v) is 36.7. The first-order valence-corrected chi connectivity index (χ1v) is 22.8. The van der Waals surface area contributed by atoms with Crippen molar-refractivity contribution in [2.45, 2.75) is 46.0 Å². The van der Waals surface area contributed by atoms with Gasteiger partial charge in [-0.15, -0.1) is 0 Å². The maximum atomic E-state index is 2.59. The highest BCUT2D eigenvalue weighted by atomic mass is 14.5. The highest BCUT2D eigenvalue weighted by Crippen LogP contribution is 2.56. The molecule has 0 bridgehead atoms. The summed E-state index contributed by atoms with van der Waals surface area (Å²) in [5.74, 6) is 1.12. The quantitative estimate of drug-likeness (QED) is 0.127. The summed E-state index contributed by atoms with van der Waals surface area (Å²) in [6, 6.07) is 77.4. The Hall–Kier alpha value is -7.02. The zero-order chi connectivity index (χ0) is 42.7. The number of fused-ring (bicyclic) bond motifs is 6. The second-order valence-corrected chi connectivity index (χ2v) is 18.7. The molecule has 0 atom stereocenters.